The zero-order chi connectivity index (χ0) is 38.3. The Kier molecular flexibility index (Phi) is 16.5. The Morgan fingerprint density at radius 1 is 0.630 bits per heavy atom. The maximum Gasteiger partial charge on any atom is 0.448 e. The van der Waals surface area contributed by atoms with E-state index in [9.17, 15) is 0 Å². The van der Waals surface area contributed by atoms with Crippen LogP contribution >= 0.6 is 23.9 Å². The highest BCUT2D eigenvalue weighted by molar-refractivity contribution is 9.10. The Hall–Kier alpha value is -3.61. The number of pyridine rings is 2. The number of aryl methyl sites for hydroxylation is 2. The first-order valence-electron chi connectivity index (χ1n) is 19.4. The number of aromatic nitrogens is 2. The number of halogens is 1. The Labute approximate surface area is 332 Å². The summed E-state index contributed by atoms with van der Waals surface area (Å²) in [5.74, 6) is 1.02. The summed E-state index contributed by atoms with van der Waals surface area (Å²) < 4.78 is 6.86. The van der Waals surface area contributed by atoms with E-state index >= 15 is 0 Å². The van der Waals surface area contributed by atoms with Gasteiger partial charge in [-0.05, 0) is 112 Å². The van der Waals surface area contributed by atoms with Crippen LogP contribution in [0.1, 0.15) is 75.3 Å². The second-order valence-corrected chi connectivity index (χ2v) is 17.9. The van der Waals surface area contributed by atoms with E-state index in [1.807, 2.05) is 56.2 Å². The minimum atomic E-state index is -1.17. The lowest BCUT2D eigenvalue weighted by Crippen LogP contribution is -2.27. The first kappa shape index (κ1) is 41.6. The smallest absolute Gasteiger partial charge is 0.448 e. The van der Waals surface area contributed by atoms with Gasteiger partial charge in [0.1, 0.15) is 5.75 Å². The van der Waals surface area contributed by atoms with Gasteiger partial charge >= 0.3 is 7.12 Å². The van der Waals surface area contributed by atoms with Crippen molar-refractivity contribution in [3.8, 4) is 16.9 Å². The molecule has 2 aromatic heterocycles. The number of ether oxygens (including phenoxy) is 1. The minimum absolute atomic E-state index is 0.122. The number of benzene rings is 4. The fourth-order valence-electron chi connectivity index (χ4n) is 7.82. The third-order valence-corrected chi connectivity index (χ3v) is 14.5. The Bertz CT molecular complexity index is 1940. The fourth-order valence-corrected chi connectivity index (χ4v) is 12.3. The van der Waals surface area contributed by atoms with Crippen molar-refractivity contribution < 1.29 is 14.8 Å². The number of hydrogen-bond acceptors (Lipinski definition) is 5. The van der Waals surface area contributed by atoms with Crippen LogP contribution in [0.5, 0.6) is 5.75 Å². The zero-order valence-electron chi connectivity index (χ0n) is 32.3. The molecule has 8 heteroatoms. The predicted molar refractivity (Wildman–Crippen MR) is 235 cm³/mol. The topological polar surface area (TPSA) is 75.5 Å². The molecule has 54 heavy (non-hydrogen) atoms. The third kappa shape index (κ3) is 11.5. The normalized spacial score (nSPS) is 14.6. The monoisotopic (exact) mass is 804 g/mol. The maximum atomic E-state index is 7.61. The predicted octanol–water partition coefficient (Wildman–Crippen LogP) is 12.1. The Morgan fingerprint density at radius 2 is 1.15 bits per heavy atom. The average Bonchev–Trinajstić information content (AvgIpc) is 3.20. The largest absolute Gasteiger partial charge is 0.496 e. The molecule has 4 aromatic carbocycles. The van der Waals surface area contributed by atoms with Crippen molar-refractivity contribution >= 4 is 57.8 Å². The van der Waals surface area contributed by atoms with Crippen molar-refractivity contribution in [2.45, 2.75) is 96.2 Å². The average molecular weight is 806 g/mol. The van der Waals surface area contributed by atoms with E-state index < -0.39 is 7.12 Å². The molecule has 282 valence electrons. The van der Waals surface area contributed by atoms with E-state index in [1.165, 1.54) is 115 Å². The Balaban J connectivity index is 0.000000175. The van der Waals surface area contributed by atoms with Crippen LogP contribution in [0.4, 0.5) is 0 Å². The second kappa shape index (κ2) is 21.5. The minimum Gasteiger partial charge on any atom is -0.496 e. The van der Waals surface area contributed by atoms with Crippen LogP contribution in [0.15, 0.2) is 120 Å². The summed E-state index contributed by atoms with van der Waals surface area (Å²) in [4.78, 5) is 8.18. The molecular weight excluding hydrogens is 750 g/mol. The van der Waals surface area contributed by atoms with Gasteiger partial charge < -0.3 is 14.8 Å². The van der Waals surface area contributed by atoms with Gasteiger partial charge in [-0.25, -0.2) is 0 Å². The number of hydrogen-bond donors (Lipinski definition) is 2. The van der Waals surface area contributed by atoms with Crippen LogP contribution in [0.25, 0.3) is 32.7 Å². The molecule has 2 aliphatic rings. The molecule has 5 nitrogen and oxygen atoms in total. The van der Waals surface area contributed by atoms with Crippen LogP contribution in [-0.4, -0.2) is 45.6 Å². The number of methoxy groups -OCH3 is 1. The molecule has 2 fully saturated rings. The molecule has 0 unspecified atom stereocenters. The molecule has 0 bridgehead atoms. The van der Waals surface area contributed by atoms with Gasteiger partial charge in [0.25, 0.3) is 0 Å². The standard InChI is InChI=1S/C26H35OP.C10H9N.C9H6BrN.CH5BO2/c1-20-12-11-18-24(27-2)26(20)23-17-9-10-19-25(23)28(21-13-5-3-6-14-21)22-15-7-4-8-16-22;1-8-6-11-7-9-4-2-3-5-10(8)9;10-9-6-11-5-7-3-1-2-4-8(7)9;1-2(3)4/h9-12,17-19,21-22H,3-8,13-16H2,1-2H3;2-7H,1H3;1-6H;3-4H,1H3. The molecule has 0 atom stereocenters. The van der Waals surface area contributed by atoms with Gasteiger partial charge in [0.05, 0.1) is 7.11 Å². The van der Waals surface area contributed by atoms with Crippen LogP contribution < -0.4 is 10.0 Å². The summed E-state index contributed by atoms with van der Waals surface area (Å²) in [5, 5.41) is 21.8. The van der Waals surface area contributed by atoms with Crippen molar-refractivity contribution in [3.05, 3.63) is 131 Å². The highest BCUT2D eigenvalue weighted by Crippen LogP contribution is 2.56. The molecule has 2 saturated carbocycles. The van der Waals surface area contributed by atoms with Crippen molar-refractivity contribution in [3.63, 3.8) is 0 Å². The Morgan fingerprint density at radius 3 is 1.72 bits per heavy atom. The molecule has 8 rings (SSSR count). The van der Waals surface area contributed by atoms with E-state index in [0.717, 1.165) is 21.5 Å². The van der Waals surface area contributed by atoms with E-state index in [-0.39, 0.29) is 7.92 Å². The van der Waals surface area contributed by atoms with Crippen molar-refractivity contribution in [2.75, 3.05) is 7.11 Å². The summed E-state index contributed by atoms with van der Waals surface area (Å²) in [7, 11) is 0.523. The number of rotatable bonds is 5. The highest BCUT2D eigenvalue weighted by atomic mass is 79.9. The molecule has 2 heterocycles. The fraction of sp³-hybridized carbons (Fsp3) is 0.348. The summed E-state index contributed by atoms with van der Waals surface area (Å²) in [6.07, 6.45) is 21.9. The van der Waals surface area contributed by atoms with Gasteiger partial charge in [0, 0.05) is 45.6 Å². The summed E-state index contributed by atoms with van der Waals surface area (Å²) in [6.45, 7) is 5.59. The van der Waals surface area contributed by atoms with E-state index in [2.05, 4.69) is 106 Å². The molecule has 0 radical (unpaired) electrons. The van der Waals surface area contributed by atoms with Crippen molar-refractivity contribution in [1.82, 2.24) is 9.97 Å². The second-order valence-electron chi connectivity index (χ2n) is 14.3. The lowest BCUT2D eigenvalue weighted by atomic mass is 9.99. The number of fused-ring (bicyclic) bond motifs is 2. The first-order valence-corrected chi connectivity index (χ1v) is 21.7. The van der Waals surface area contributed by atoms with E-state index in [4.69, 9.17) is 14.8 Å². The van der Waals surface area contributed by atoms with Crippen LogP contribution in [0.3, 0.4) is 0 Å². The van der Waals surface area contributed by atoms with E-state index in [0.29, 0.717) is 0 Å². The van der Waals surface area contributed by atoms with Gasteiger partial charge in [-0.15, -0.1) is 0 Å². The van der Waals surface area contributed by atoms with E-state index in [1.54, 1.807) is 5.30 Å². The first-order chi connectivity index (χ1) is 26.3. The molecule has 6 aromatic rings. The molecule has 0 saturated heterocycles. The molecule has 0 amide bonds. The molecule has 0 aliphatic heterocycles. The van der Waals surface area contributed by atoms with Crippen LogP contribution in [0, 0.1) is 13.8 Å². The van der Waals surface area contributed by atoms with Crippen molar-refractivity contribution in [2.24, 2.45) is 0 Å². The summed E-state index contributed by atoms with van der Waals surface area (Å²) in [5.41, 5.74) is 7.17. The summed E-state index contributed by atoms with van der Waals surface area (Å²) >= 11 is 3.43. The molecule has 2 aliphatic carbocycles. The quantitative estimate of drug-likeness (QED) is 0.134. The third-order valence-electron chi connectivity index (χ3n) is 10.3. The summed E-state index contributed by atoms with van der Waals surface area (Å²) in [6, 6.07) is 32.2. The number of nitrogens with zero attached hydrogens (tertiary/aromatic N) is 2. The van der Waals surface area contributed by atoms with Gasteiger partial charge in [-0.2, -0.15) is 0 Å². The maximum absolute atomic E-state index is 7.61. The van der Waals surface area contributed by atoms with Gasteiger partial charge in [-0.3, -0.25) is 9.97 Å². The molecule has 0 spiro atoms. The zero-order valence-corrected chi connectivity index (χ0v) is 34.8. The van der Waals surface area contributed by atoms with Gasteiger partial charge in [-0.1, -0.05) is 131 Å². The molecule has 2 N–H and O–H groups in total. The van der Waals surface area contributed by atoms with Gasteiger partial charge in [0.2, 0.25) is 0 Å². The molecular formula is C46H55BBrN2O3P. The van der Waals surface area contributed by atoms with Gasteiger partial charge in [0.15, 0.2) is 0 Å². The van der Waals surface area contributed by atoms with Crippen molar-refractivity contribution in [1.29, 1.82) is 0 Å². The van der Waals surface area contributed by atoms with Crippen LogP contribution in [-0.2, 0) is 0 Å². The SMILES string of the molecule is Brc1cncc2ccccc12.CB(O)O.COc1cccc(C)c1-c1ccccc1P(C1CCCCC1)C1CCCCC1.Cc1cncc2ccccc12. The lowest BCUT2D eigenvalue weighted by molar-refractivity contribution is 0.416. The highest BCUT2D eigenvalue weighted by Gasteiger charge is 2.34. The lowest BCUT2D eigenvalue weighted by Gasteiger charge is -2.39. The van der Waals surface area contributed by atoms with Crippen LogP contribution in [0.2, 0.25) is 6.82 Å².